The van der Waals surface area contributed by atoms with E-state index >= 15 is 0 Å². The Hall–Kier alpha value is -1.02. The SMILES string of the molecule is CC(C)CC(c1ccc(OC(CC(C)(C)C)OC2CCC(C(C)(C)C)CC2)cc1)C(C)(C)C. The highest BCUT2D eigenvalue weighted by Crippen LogP contribution is 2.41. The number of hydrogen-bond donors (Lipinski definition) is 0. The molecule has 1 aromatic carbocycles. The first-order valence-corrected chi connectivity index (χ1v) is 13.5. The lowest BCUT2D eigenvalue weighted by Gasteiger charge is -2.38. The van der Waals surface area contributed by atoms with Crippen LogP contribution in [-0.2, 0) is 4.74 Å². The maximum atomic E-state index is 6.59. The second kappa shape index (κ2) is 11.1. The van der Waals surface area contributed by atoms with Crippen molar-refractivity contribution in [2.75, 3.05) is 0 Å². The smallest absolute Gasteiger partial charge is 0.200 e. The van der Waals surface area contributed by atoms with E-state index in [4.69, 9.17) is 9.47 Å². The number of hydrogen-bond acceptors (Lipinski definition) is 2. The van der Waals surface area contributed by atoms with Gasteiger partial charge >= 0.3 is 0 Å². The molecule has 0 saturated heterocycles. The Labute approximate surface area is 206 Å². The van der Waals surface area contributed by atoms with Gasteiger partial charge in [0.15, 0.2) is 0 Å². The lowest BCUT2D eigenvalue weighted by Crippen LogP contribution is -2.35. The molecule has 1 aromatic rings. The first-order valence-electron chi connectivity index (χ1n) is 13.5. The molecule has 0 aromatic heterocycles. The Bertz CT molecular complexity index is 688. The largest absolute Gasteiger partial charge is 0.465 e. The van der Waals surface area contributed by atoms with Crippen molar-refractivity contribution >= 4 is 0 Å². The highest BCUT2D eigenvalue weighted by Gasteiger charge is 2.32. The fourth-order valence-electron chi connectivity index (χ4n) is 5.29. The minimum Gasteiger partial charge on any atom is -0.465 e. The number of benzene rings is 1. The van der Waals surface area contributed by atoms with Gasteiger partial charge in [-0.1, -0.05) is 88.3 Å². The summed E-state index contributed by atoms with van der Waals surface area (Å²) in [5.41, 5.74) is 2.21. The molecule has 1 fully saturated rings. The van der Waals surface area contributed by atoms with Crippen LogP contribution in [0.25, 0.3) is 0 Å². The Kier molecular flexibility index (Phi) is 9.53. The Morgan fingerprint density at radius 3 is 1.79 bits per heavy atom. The Balaban J connectivity index is 2.07. The van der Waals surface area contributed by atoms with Gasteiger partial charge in [-0.25, -0.2) is 0 Å². The fraction of sp³-hybridized carbons (Fsp3) is 0.806. The first-order chi connectivity index (χ1) is 15.0. The molecule has 2 atom stereocenters. The highest BCUT2D eigenvalue weighted by molar-refractivity contribution is 5.30. The zero-order valence-electron chi connectivity index (χ0n) is 23.8. The fourth-order valence-corrected chi connectivity index (χ4v) is 5.29. The van der Waals surface area contributed by atoms with Crippen LogP contribution < -0.4 is 4.74 Å². The van der Waals surface area contributed by atoms with Gasteiger partial charge in [-0.05, 0) is 83.8 Å². The van der Waals surface area contributed by atoms with Gasteiger partial charge in [0, 0.05) is 6.42 Å². The third-order valence-corrected chi connectivity index (χ3v) is 7.32. The van der Waals surface area contributed by atoms with Crippen molar-refractivity contribution in [1.29, 1.82) is 0 Å². The van der Waals surface area contributed by atoms with Crippen molar-refractivity contribution in [3.63, 3.8) is 0 Å². The van der Waals surface area contributed by atoms with Crippen LogP contribution in [0.2, 0.25) is 0 Å². The van der Waals surface area contributed by atoms with Crippen LogP contribution in [-0.4, -0.2) is 12.4 Å². The summed E-state index contributed by atoms with van der Waals surface area (Å²) in [6.07, 6.45) is 7.03. The molecular weight excluding hydrogens is 404 g/mol. The molecule has 1 aliphatic rings. The van der Waals surface area contributed by atoms with Gasteiger partial charge in [-0.3, -0.25) is 0 Å². The summed E-state index contributed by atoms with van der Waals surface area (Å²) in [7, 11) is 0. The van der Waals surface area contributed by atoms with Crippen LogP contribution in [0.4, 0.5) is 0 Å². The highest BCUT2D eigenvalue weighted by atomic mass is 16.7. The molecule has 2 heteroatoms. The Morgan fingerprint density at radius 2 is 1.36 bits per heavy atom. The van der Waals surface area contributed by atoms with E-state index < -0.39 is 0 Å². The van der Waals surface area contributed by atoms with Crippen LogP contribution in [0.3, 0.4) is 0 Å². The molecule has 0 radical (unpaired) electrons. The quantitative estimate of drug-likeness (QED) is 0.361. The average molecular weight is 459 g/mol. The van der Waals surface area contributed by atoms with Crippen LogP contribution in [0.5, 0.6) is 5.75 Å². The Morgan fingerprint density at radius 1 is 0.818 bits per heavy atom. The number of rotatable bonds is 8. The van der Waals surface area contributed by atoms with Crippen molar-refractivity contribution < 1.29 is 9.47 Å². The molecule has 0 bridgehead atoms. The minimum atomic E-state index is -0.193. The van der Waals surface area contributed by atoms with Gasteiger partial charge in [0.1, 0.15) is 5.75 Å². The molecule has 1 aliphatic carbocycles. The molecule has 0 amide bonds. The molecular formula is C31H54O2. The summed E-state index contributed by atoms with van der Waals surface area (Å²) in [5.74, 6) is 2.95. The van der Waals surface area contributed by atoms with Crippen molar-refractivity contribution in [3.05, 3.63) is 29.8 Å². The maximum absolute atomic E-state index is 6.59. The zero-order valence-corrected chi connectivity index (χ0v) is 23.8. The normalized spacial score (nSPS) is 22.3. The molecule has 2 unspecified atom stereocenters. The summed E-state index contributed by atoms with van der Waals surface area (Å²) in [6.45, 7) is 25.6. The van der Waals surface area contributed by atoms with E-state index in [9.17, 15) is 0 Å². The molecule has 0 spiro atoms. The predicted octanol–water partition coefficient (Wildman–Crippen LogP) is 9.62. The predicted molar refractivity (Wildman–Crippen MR) is 143 cm³/mol. The molecule has 1 saturated carbocycles. The van der Waals surface area contributed by atoms with E-state index in [2.05, 4.69) is 100 Å². The van der Waals surface area contributed by atoms with E-state index in [0.717, 1.165) is 30.9 Å². The van der Waals surface area contributed by atoms with E-state index in [0.29, 0.717) is 23.4 Å². The molecule has 2 rings (SSSR count). The molecule has 0 aliphatic heterocycles. The molecule has 0 N–H and O–H groups in total. The van der Waals surface area contributed by atoms with E-state index in [-0.39, 0.29) is 17.1 Å². The first kappa shape index (κ1) is 28.2. The average Bonchev–Trinajstić information content (AvgIpc) is 2.64. The van der Waals surface area contributed by atoms with Crippen molar-refractivity contribution in [2.45, 2.75) is 133 Å². The maximum Gasteiger partial charge on any atom is 0.200 e. The molecule has 0 heterocycles. The standard InChI is InChI=1S/C31H54O2/c1-22(2)20-27(31(9,10)11)23-12-16-25(17-13-23)32-28(21-29(3,4)5)33-26-18-14-24(15-19-26)30(6,7)8/h12-13,16-17,22,24,26-28H,14-15,18-21H2,1-11H3. The molecule has 190 valence electrons. The summed E-state index contributed by atoms with van der Waals surface area (Å²) in [4.78, 5) is 0. The van der Waals surface area contributed by atoms with Gasteiger partial charge in [-0.2, -0.15) is 0 Å². The topological polar surface area (TPSA) is 18.5 Å². The van der Waals surface area contributed by atoms with Gasteiger partial charge < -0.3 is 9.47 Å². The van der Waals surface area contributed by atoms with Crippen LogP contribution in [0.1, 0.15) is 126 Å². The van der Waals surface area contributed by atoms with E-state index in [1.54, 1.807) is 0 Å². The lowest BCUT2D eigenvalue weighted by atomic mass is 9.72. The molecule has 2 nitrogen and oxygen atoms in total. The third kappa shape index (κ3) is 9.63. The summed E-state index contributed by atoms with van der Waals surface area (Å²) >= 11 is 0. The second-order valence-electron chi connectivity index (χ2n) is 14.4. The van der Waals surface area contributed by atoms with Crippen molar-refractivity contribution in [3.8, 4) is 5.75 Å². The lowest BCUT2D eigenvalue weighted by molar-refractivity contribution is -0.147. The van der Waals surface area contributed by atoms with E-state index in [1.165, 1.54) is 24.8 Å². The van der Waals surface area contributed by atoms with E-state index in [1.807, 2.05) is 0 Å². The van der Waals surface area contributed by atoms with Crippen molar-refractivity contribution in [1.82, 2.24) is 0 Å². The van der Waals surface area contributed by atoms with Crippen LogP contribution >= 0.6 is 0 Å². The van der Waals surface area contributed by atoms with Crippen molar-refractivity contribution in [2.24, 2.45) is 28.1 Å². The summed E-state index contributed by atoms with van der Waals surface area (Å²) in [5, 5.41) is 0. The third-order valence-electron chi connectivity index (χ3n) is 7.32. The minimum absolute atomic E-state index is 0.155. The summed E-state index contributed by atoms with van der Waals surface area (Å²) < 4.78 is 13.1. The zero-order chi connectivity index (χ0) is 25.0. The van der Waals surface area contributed by atoms with Crippen LogP contribution in [0, 0.1) is 28.1 Å². The monoisotopic (exact) mass is 458 g/mol. The summed E-state index contributed by atoms with van der Waals surface area (Å²) in [6, 6.07) is 8.86. The van der Waals surface area contributed by atoms with Gasteiger partial charge in [-0.15, -0.1) is 0 Å². The van der Waals surface area contributed by atoms with Gasteiger partial charge in [0.2, 0.25) is 6.29 Å². The molecule has 33 heavy (non-hydrogen) atoms. The van der Waals surface area contributed by atoms with Gasteiger partial charge in [0.05, 0.1) is 6.10 Å². The second-order valence-corrected chi connectivity index (χ2v) is 14.4. The van der Waals surface area contributed by atoms with Gasteiger partial charge in [0.25, 0.3) is 0 Å². The van der Waals surface area contributed by atoms with Crippen LogP contribution in [0.15, 0.2) is 24.3 Å². The number of ether oxygens (including phenoxy) is 2.